The van der Waals surface area contributed by atoms with Crippen molar-refractivity contribution >= 4 is 11.9 Å². The Labute approximate surface area is 442 Å². The molecule has 0 aliphatic rings. The van der Waals surface area contributed by atoms with Crippen LogP contribution in [0.25, 0.3) is 0 Å². The number of esters is 1. The van der Waals surface area contributed by atoms with Crippen molar-refractivity contribution in [2.45, 2.75) is 341 Å². The molecule has 0 bridgehead atoms. The molecule has 0 aromatic carbocycles. The van der Waals surface area contributed by atoms with Crippen LogP contribution in [0.1, 0.15) is 328 Å². The van der Waals surface area contributed by atoms with Crippen LogP contribution in [0.2, 0.25) is 0 Å². The van der Waals surface area contributed by atoms with Gasteiger partial charge in [0, 0.05) is 12.8 Å². The second kappa shape index (κ2) is 60.4. The number of hydrogen-bond acceptors (Lipinski definition) is 5. The molecule has 6 heteroatoms. The summed E-state index contributed by atoms with van der Waals surface area (Å²) >= 11 is 0. The van der Waals surface area contributed by atoms with Gasteiger partial charge in [-0.2, -0.15) is 0 Å². The van der Waals surface area contributed by atoms with E-state index < -0.39 is 12.1 Å². The summed E-state index contributed by atoms with van der Waals surface area (Å²) in [7, 11) is 0. The zero-order valence-corrected chi connectivity index (χ0v) is 47.5. The third-order valence-corrected chi connectivity index (χ3v) is 14.3. The Kier molecular flexibility index (Phi) is 58.5. The van der Waals surface area contributed by atoms with Crippen LogP contribution < -0.4 is 5.32 Å². The van der Waals surface area contributed by atoms with Crippen molar-refractivity contribution in [2.75, 3.05) is 13.2 Å². The number of aliphatic hydroxyl groups is 2. The molecule has 0 radical (unpaired) electrons. The molecule has 0 rings (SSSR count). The molecule has 1 amide bonds. The number of ether oxygens (including phenoxy) is 1. The molecular weight excluding hydrogens is 875 g/mol. The van der Waals surface area contributed by atoms with Gasteiger partial charge in [0.2, 0.25) is 5.91 Å². The molecule has 0 aliphatic heterocycles. The van der Waals surface area contributed by atoms with Gasteiger partial charge in [-0.15, -0.1) is 0 Å². The minimum Gasteiger partial charge on any atom is -0.466 e. The van der Waals surface area contributed by atoms with Crippen LogP contribution in [0.5, 0.6) is 0 Å². The van der Waals surface area contributed by atoms with E-state index in [-0.39, 0.29) is 18.5 Å². The van der Waals surface area contributed by atoms with Gasteiger partial charge >= 0.3 is 5.97 Å². The van der Waals surface area contributed by atoms with E-state index in [2.05, 4.69) is 49.5 Å². The zero-order chi connectivity index (χ0) is 51.4. The summed E-state index contributed by atoms with van der Waals surface area (Å²) in [6, 6.07) is -0.674. The Bertz CT molecular complexity index is 1190. The van der Waals surface area contributed by atoms with E-state index in [1.807, 2.05) is 12.2 Å². The molecule has 71 heavy (non-hydrogen) atoms. The van der Waals surface area contributed by atoms with Crippen molar-refractivity contribution < 1.29 is 24.5 Å². The highest BCUT2D eigenvalue weighted by atomic mass is 16.5. The molecule has 0 fully saturated rings. The molecule has 0 aromatic heterocycles. The molecule has 416 valence electrons. The van der Waals surface area contributed by atoms with Crippen LogP contribution >= 0.6 is 0 Å². The average Bonchev–Trinajstić information content (AvgIpc) is 3.37. The maximum absolute atomic E-state index is 12.5. The normalized spacial score (nSPS) is 12.9. The van der Waals surface area contributed by atoms with E-state index in [0.29, 0.717) is 25.9 Å². The zero-order valence-electron chi connectivity index (χ0n) is 47.5. The van der Waals surface area contributed by atoms with E-state index in [0.717, 1.165) is 51.4 Å². The quantitative estimate of drug-likeness (QED) is 0.0321. The van der Waals surface area contributed by atoms with Gasteiger partial charge in [0.1, 0.15) is 0 Å². The van der Waals surface area contributed by atoms with Crippen LogP contribution in [-0.2, 0) is 14.3 Å². The Balaban J connectivity index is 3.55. The molecule has 2 unspecified atom stereocenters. The van der Waals surface area contributed by atoms with Crippen molar-refractivity contribution in [2.24, 2.45) is 0 Å². The predicted molar refractivity (Wildman–Crippen MR) is 310 cm³/mol. The van der Waals surface area contributed by atoms with Crippen LogP contribution in [0.4, 0.5) is 0 Å². The molecule has 3 N–H and O–H groups in total. The summed E-state index contributed by atoms with van der Waals surface area (Å²) in [5.41, 5.74) is 0. The summed E-state index contributed by atoms with van der Waals surface area (Å²) < 4.78 is 5.47. The Hall–Kier alpha value is -2.18. The number of nitrogens with one attached hydrogen (secondary N) is 1. The maximum atomic E-state index is 12.5. The highest BCUT2D eigenvalue weighted by molar-refractivity contribution is 5.76. The van der Waals surface area contributed by atoms with Gasteiger partial charge in [-0.05, 0) is 77.0 Å². The van der Waals surface area contributed by atoms with E-state index >= 15 is 0 Å². The fraction of sp³-hybridized carbons (Fsp3) is 0.846. The summed E-state index contributed by atoms with van der Waals surface area (Å²) in [4.78, 5) is 24.5. The summed E-state index contributed by atoms with van der Waals surface area (Å²) in [5.74, 6) is -0.168. The number of rotatable bonds is 58. The lowest BCUT2D eigenvalue weighted by Gasteiger charge is -2.19. The van der Waals surface area contributed by atoms with Gasteiger partial charge in [0.05, 0.1) is 25.4 Å². The average molecular weight is 997 g/mol. The molecule has 0 aliphatic carbocycles. The van der Waals surface area contributed by atoms with Crippen molar-refractivity contribution in [1.29, 1.82) is 0 Å². The van der Waals surface area contributed by atoms with Crippen LogP contribution in [-0.4, -0.2) is 47.4 Å². The number of amides is 1. The molecule has 2 atom stereocenters. The van der Waals surface area contributed by atoms with Crippen LogP contribution in [0.15, 0.2) is 48.6 Å². The predicted octanol–water partition coefficient (Wildman–Crippen LogP) is 19.7. The molecule has 0 spiro atoms. The minimum absolute atomic E-state index is 0.0211. The van der Waals surface area contributed by atoms with Crippen molar-refractivity contribution in [3.05, 3.63) is 48.6 Å². The summed E-state index contributed by atoms with van der Waals surface area (Å²) in [6.07, 6.45) is 77.3. The largest absolute Gasteiger partial charge is 0.466 e. The topological polar surface area (TPSA) is 95.9 Å². The molecule has 0 aromatic rings. The smallest absolute Gasteiger partial charge is 0.305 e. The fourth-order valence-electron chi connectivity index (χ4n) is 9.50. The van der Waals surface area contributed by atoms with Gasteiger partial charge in [0.15, 0.2) is 0 Å². The second-order valence-electron chi connectivity index (χ2n) is 21.4. The summed E-state index contributed by atoms with van der Waals surface area (Å²) in [5, 5.41) is 23.1. The Morgan fingerprint density at radius 1 is 0.394 bits per heavy atom. The molecule has 6 nitrogen and oxygen atoms in total. The first-order chi connectivity index (χ1) is 35.0. The van der Waals surface area contributed by atoms with E-state index in [9.17, 15) is 19.8 Å². The standard InChI is InChI=1S/C65H121NO5/c1-3-5-7-9-11-13-15-17-19-21-23-24-25-26-27-28-30-33-37-41-45-49-53-57-63(68)62(61-67)66-64(69)58-54-50-46-42-38-34-32-36-40-44-48-52-56-60-71-65(70)59-55-51-47-43-39-35-31-29-22-20-18-16-14-12-10-8-6-4-2/h20,22,34,38,46,50,53,57,62-63,67-68H,3-19,21,23-33,35-37,39-45,47-49,51-52,54-56,58-61H2,1-2H3,(H,66,69)/b22-20-,38-34-,50-46-,57-53+. The lowest BCUT2D eigenvalue weighted by Crippen LogP contribution is -2.45. The Morgan fingerprint density at radius 3 is 1.11 bits per heavy atom. The van der Waals surface area contributed by atoms with Gasteiger partial charge < -0.3 is 20.3 Å². The van der Waals surface area contributed by atoms with Crippen molar-refractivity contribution in [1.82, 2.24) is 5.32 Å². The van der Waals surface area contributed by atoms with E-state index in [4.69, 9.17) is 4.74 Å². The number of aliphatic hydroxyl groups excluding tert-OH is 2. The number of unbranched alkanes of at least 4 members (excludes halogenated alkanes) is 41. The number of carbonyl (C=O) groups excluding carboxylic acids is 2. The maximum Gasteiger partial charge on any atom is 0.305 e. The lowest BCUT2D eigenvalue weighted by atomic mass is 10.0. The SMILES string of the molecule is CCCCCCCCC/C=C\CCCCCCCCCC(=O)OCCCCCCCC/C=C\C/C=C\CCC(=O)NC(CO)C(O)/C=C/CCCCCCCCCCCCCCCCCCCCCCC. The molecule has 0 heterocycles. The van der Waals surface area contributed by atoms with E-state index in [1.165, 1.54) is 244 Å². The monoisotopic (exact) mass is 996 g/mol. The number of hydrogen-bond donors (Lipinski definition) is 3. The fourth-order valence-corrected chi connectivity index (χ4v) is 9.50. The third-order valence-electron chi connectivity index (χ3n) is 14.3. The molecule has 0 saturated heterocycles. The minimum atomic E-state index is -0.882. The lowest BCUT2D eigenvalue weighted by molar-refractivity contribution is -0.143. The Morgan fingerprint density at radius 2 is 0.718 bits per heavy atom. The molecule has 0 saturated carbocycles. The van der Waals surface area contributed by atoms with Crippen molar-refractivity contribution in [3.63, 3.8) is 0 Å². The highest BCUT2D eigenvalue weighted by Crippen LogP contribution is 2.17. The highest BCUT2D eigenvalue weighted by Gasteiger charge is 2.17. The first-order valence-corrected chi connectivity index (χ1v) is 31.4. The van der Waals surface area contributed by atoms with Gasteiger partial charge in [-0.3, -0.25) is 9.59 Å². The van der Waals surface area contributed by atoms with Crippen LogP contribution in [0, 0.1) is 0 Å². The van der Waals surface area contributed by atoms with Crippen molar-refractivity contribution in [3.8, 4) is 0 Å². The van der Waals surface area contributed by atoms with Gasteiger partial charge in [-0.25, -0.2) is 0 Å². The number of allylic oxidation sites excluding steroid dienone is 7. The van der Waals surface area contributed by atoms with E-state index in [1.54, 1.807) is 6.08 Å². The third kappa shape index (κ3) is 57.0. The first kappa shape index (κ1) is 68.8. The van der Waals surface area contributed by atoms with Gasteiger partial charge in [0.25, 0.3) is 0 Å². The first-order valence-electron chi connectivity index (χ1n) is 31.4. The number of carbonyl (C=O) groups is 2. The van der Waals surface area contributed by atoms with Crippen LogP contribution in [0.3, 0.4) is 0 Å². The van der Waals surface area contributed by atoms with Gasteiger partial charge in [-0.1, -0.05) is 287 Å². The summed E-state index contributed by atoms with van der Waals surface area (Å²) in [6.45, 7) is 4.85. The second-order valence-corrected chi connectivity index (χ2v) is 21.4. The molecular formula is C65H121NO5.